The third kappa shape index (κ3) is 5.03. The van der Waals surface area contributed by atoms with Gasteiger partial charge in [0, 0.05) is 41.0 Å². The molecule has 3 nitrogen and oxygen atoms in total. The molecule has 0 saturated heterocycles. The zero-order chi connectivity index (χ0) is 21.7. The standard InChI is InChI=1S/C26H31ClN2O/c1-6-20-9-8-10-21(7-2)26(20)24-15-25(30-5)23(18(3)28-24)17-29(4)16-19-11-13-22(27)14-12-19/h8-15H,6-7,16-17H2,1-5H3. The van der Waals surface area contributed by atoms with Gasteiger partial charge in [-0.05, 0) is 55.6 Å². The second kappa shape index (κ2) is 10.1. The van der Waals surface area contributed by atoms with E-state index in [2.05, 4.69) is 69.1 Å². The van der Waals surface area contributed by atoms with Gasteiger partial charge in [0.2, 0.25) is 0 Å². The second-order valence-corrected chi connectivity index (χ2v) is 8.17. The summed E-state index contributed by atoms with van der Waals surface area (Å²) in [4.78, 5) is 7.29. The minimum absolute atomic E-state index is 0.762. The molecule has 2 aromatic carbocycles. The van der Waals surface area contributed by atoms with Crippen molar-refractivity contribution in [2.24, 2.45) is 0 Å². The van der Waals surface area contributed by atoms with Crippen molar-refractivity contribution in [2.45, 2.75) is 46.7 Å². The predicted molar refractivity (Wildman–Crippen MR) is 126 cm³/mol. The summed E-state index contributed by atoms with van der Waals surface area (Å²) in [6, 6.07) is 16.7. The molecular weight excluding hydrogens is 392 g/mol. The van der Waals surface area contributed by atoms with Gasteiger partial charge in [0.15, 0.2) is 0 Å². The zero-order valence-electron chi connectivity index (χ0n) is 18.6. The summed E-state index contributed by atoms with van der Waals surface area (Å²) in [6.07, 6.45) is 1.97. The number of ether oxygens (including phenoxy) is 1. The van der Waals surface area contributed by atoms with E-state index < -0.39 is 0 Å². The van der Waals surface area contributed by atoms with Crippen LogP contribution in [0.5, 0.6) is 5.75 Å². The Labute approximate surface area is 185 Å². The molecule has 0 saturated carbocycles. The number of aryl methyl sites for hydroxylation is 3. The summed E-state index contributed by atoms with van der Waals surface area (Å²) in [5, 5.41) is 0.762. The molecule has 0 radical (unpaired) electrons. The maximum Gasteiger partial charge on any atom is 0.127 e. The lowest BCUT2D eigenvalue weighted by molar-refractivity contribution is 0.308. The molecule has 0 unspecified atom stereocenters. The van der Waals surface area contributed by atoms with Crippen molar-refractivity contribution in [1.82, 2.24) is 9.88 Å². The Bertz CT molecular complexity index is 976. The molecule has 158 valence electrons. The van der Waals surface area contributed by atoms with Crippen molar-refractivity contribution in [1.29, 1.82) is 0 Å². The number of nitrogens with zero attached hydrogens (tertiary/aromatic N) is 2. The molecule has 0 bridgehead atoms. The lowest BCUT2D eigenvalue weighted by Crippen LogP contribution is -2.19. The Morgan fingerprint density at radius 2 is 1.60 bits per heavy atom. The lowest BCUT2D eigenvalue weighted by atomic mass is 9.94. The van der Waals surface area contributed by atoms with E-state index in [1.54, 1.807) is 7.11 Å². The number of aromatic nitrogens is 1. The molecule has 0 spiro atoms. The van der Waals surface area contributed by atoms with Crippen LogP contribution in [0.4, 0.5) is 0 Å². The van der Waals surface area contributed by atoms with Gasteiger partial charge in [-0.2, -0.15) is 0 Å². The Balaban J connectivity index is 1.92. The highest BCUT2D eigenvalue weighted by molar-refractivity contribution is 6.30. The zero-order valence-corrected chi connectivity index (χ0v) is 19.4. The van der Waals surface area contributed by atoms with Crippen LogP contribution in [0.15, 0.2) is 48.5 Å². The number of rotatable bonds is 8. The van der Waals surface area contributed by atoms with Crippen LogP contribution in [0, 0.1) is 6.92 Å². The van der Waals surface area contributed by atoms with Crippen LogP contribution in [0.3, 0.4) is 0 Å². The van der Waals surface area contributed by atoms with E-state index >= 15 is 0 Å². The maximum absolute atomic E-state index is 6.01. The van der Waals surface area contributed by atoms with E-state index in [1.165, 1.54) is 22.3 Å². The van der Waals surface area contributed by atoms with Crippen LogP contribution in [0.2, 0.25) is 5.02 Å². The summed E-state index contributed by atoms with van der Waals surface area (Å²) in [6.45, 7) is 8.07. The summed E-state index contributed by atoms with van der Waals surface area (Å²) >= 11 is 6.01. The number of methoxy groups -OCH3 is 1. The fraction of sp³-hybridized carbons (Fsp3) is 0.346. The highest BCUT2D eigenvalue weighted by Crippen LogP contribution is 2.33. The SMILES string of the molecule is CCc1cccc(CC)c1-c1cc(OC)c(CN(C)Cc2ccc(Cl)cc2)c(C)n1. The molecule has 0 aliphatic carbocycles. The van der Waals surface area contributed by atoms with Gasteiger partial charge in [0.25, 0.3) is 0 Å². The van der Waals surface area contributed by atoms with Crippen molar-refractivity contribution in [3.8, 4) is 17.0 Å². The van der Waals surface area contributed by atoms with Crippen molar-refractivity contribution < 1.29 is 4.74 Å². The van der Waals surface area contributed by atoms with Gasteiger partial charge in [-0.15, -0.1) is 0 Å². The fourth-order valence-electron chi connectivity index (χ4n) is 3.97. The van der Waals surface area contributed by atoms with E-state index in [1.807, 2.05) is 12.1 Å². The first-order chi connectivity index (χ1) is 14.5. The van der Waals surface area contributed by atoms with Crippen molar-refractivity contribution in [3.05, 3.63) is 81.5 Å². The maximum atomic E-state index is 6.01. The highest BCUT2D eigenvalue weighted by Gasteiger charge is 2.17. The monoisotopic (exact) mass is 422 g/mol. The quantitative estimate of drug-likeness (QED) is 0.415. The average molecular weight is 423 g/mol. The minimum Gasteiger partial charge on any atom is -0.496 e. The molecule has 0 amide bonds. The van der Waals surface area contributed by atoms with Gasteiger partial charge in [0.05, 0.1) is 12.8 Å². The van der Waals surface area contributed by atoms with E-state index in [4.69, 9.17) is 21.3 Å². The molecule has 0 atom stereocenters. The van der Waals surface area contributed by atoms with Gasteiger partial charge in [-0.3, -0.25) is 9.88 Å². The normalized spacial score (nSPS) is 11.2. The number of halogens is 1. The highest BCUT2D eigenvalue weighted by atomic mass is 35.5. The Hall–Kier alpha value is -2.36. The third-order valence-corrected chi connectivity index (χ3v) is 5.81. The van der Waals surface area contributed by atoms with Gasteiger partial charge in [-0.1, -0.05) is 55.8 Å². The Morgan fingerprint density at radius 1 is 0.967 bits per heavy atom. The van der Waals surface area contributed by atoms with Crippen LogP contribution in [0.1, 0.15) is 41.8 Å². The van der Waals surface area contributed by atoms with Crippen LogP contribution >= 0.6 is 11.6 Å². The van der Waals surface area contributed by atoms with E-state index in [-0.39, 0.29) is 0 Å². The summed E-state index contributed by atoms with van der Waals surface area (Å²) in [5.41, 5.74) is 8.29. The van der Waals surface area contributed by atoms with Gasteiger partial charge >= 0.3 is 0 Å². The molecule has 0 N–H and O–H groups in total. The Morgan fingerprint density at radius 3 is 2.17 bits per heavy atom. The molecule has 1 heterocycles. The number of hydrogen-bond acceptors (Lipinski definition) is 3. The van der Waals surface area contributed by atoms with Crippen LogP contribution in [0.25, 0.3) is 11.3 Å². The fourth-order valence-corrected chi connectivity index (χ4v) is 4.10. The Kier molecular flexibility index (Phi) is 7.52. The van der Waals surface area contributed by atoms with Gasteiger partial charge in [0.1, 0.15) is 5.75 Å². The summed E-state index contributed by atoms with van der Waals surface area (Å²) in [5.74, 6) is 0.897. The summed E-state index contributed by atoms with van der Waals surface area (Å²) < 4.78 is 5.82. The predicted octanol–water partition coefficient (Wildman–Crippen LogP) is 6.48. The minimum atomic E-state index is 0.762. The smallest absolute Gasteiger partial charge is 0.127 e. The molecule has 0 aliphatic rings. The van der Waals surface area contributed by atoms with Crippen molar-refractivity contribution in [2.75, 3.05) is 14.2 Å². The average Bonchev–Trinajstić information content (AvgIpc) is 2.75. The van der Waals surface area contributed by atoms with Gasteiger partial charge < -0.3 is 4.74 Å². The molecule has 3 rings (SSSR count). The largest absolute Gasteiger partial charge is 0.496 e. The molecule has 1 aromatic heterocycles. The first kappa shape index (κ1) is 22.3. The van der Waals surface area contributed by atoms with E-state index in [9.17, 15) is 0 Å². The van der Waals surface area contributed by atoms with Gasteiger partial charge in [-0.25, -0.2) is 0 Å². The van der Waals surface area contributed by atoms with Crippen LogP contribution in [-0.2, 0) is 25.9 Å². The summed E-state index contributed by atoms with van der Waals surface area (Å²) in [7, 11) is 3.86. The molecule has 4 heteroatoms. The molecular formula is C26H31ClN2O. The molecule has 0 aliphatic heterocycles. The van der Waals surface area contributed by atoms with Crippen molar-refractivity contribution >= 4 is 11.6 Å². The first-order valence-electron chi connectivity index (χ1n) is 10.5. The third-order valence-electron chi connectivity index (χ3n) is 5.56. The number of hydrogen-bond donors (Lipinski definition) is 0. The van der Waals surface area contributed by atoms with E-state index in [0.717, 1.165) is 53.7 Å². The first-order valence-corrected chi connectivity index (χ1v) is 10.9. The van der Waals surface area contributed by atoms with E-state index in [0.29, 0.717) is 0 Å². The second-order valence-electron chi connectivity index (χ2n) is 7.73. The van der Waals surface area contributed by atoms with Crippen LogP contribution < -0.4 is 4.74 Å². The number of benzene rings is 2. The van der Waals surface area contributed by atoms with Crippen molar-refractivity contribution in [3.63, 3.8) is 0 Å². The lowest BCUT2D eigenvalue weighted by Gasteiger charge is -2.21. The number of pyridine rings is 1. The molecule has 30 heavy (non-hydrogen) atoms. The topological polar surface area (TPSA) is 25.4 Å². The van der Waals surface area contributed by atoms with Crippen LogP contribution in [-0.4, -0.2) is 24.0 Å². The molecule has 3 aromatic rings. The molecule has 0 fully saturated rings.